The molecule has 2 aliphatic carbocycles. The molecule has 0 aromatic rings. The second kappa shape index (κ2) is 5.35. The summed E-state index contributed by atoms with van der Waals surface area (Å²) in [5.74, 6) is -0.168. The van der Waals surface area contributed by atoms with Crippen molar-refractivity contribution in [2.75, 3.05) is 6.54 Å². The highest BCUT2D eigenvalue weighted by molar-refractivity contribution is 5.83. The summed E-state index contributed by atoms with van der Waals surface area (Å²) in [5, 5.41) is 15.7. The predicted octanol–water partition coefficient (Wildman–Crippen LogP) is 0.990. The van der Waals surface area contributed by atoms with Crippen LogP contribution in [0.5, 0.6) is 0 Å². The lowest BCUT2D eigenvalue weighted by molar-refractivity contribution is -0.145. The first-order valence-corrected chi connectivity index (χ1v) is 7.84. The third-order valence-corrected chi connectivity index (χ3v) is 5.56. The Kier molecular flexibility index (Phi) is 3.71. The highest BCUT2D eigenvalue weighted by atomic mass is 16.4. The molecule has 0 aromatic carbocycles. The Morgan fingerprint density at radius 3 is 2.65 bits per heavy atom. The van der Waals surface area contributed by atoms with Crippen molar-refractivity contribution >= 4 is 11.9 Å². The zero-order valence-corrected chi connectivity index (χ0v) is 12.0. The maximum absolute atomic E-state index is 12.4. The topological polar surface area (TPSA) is 78.4 Å². The second-order valence-electron chi connectivity index (χ2n) is 6.78. The van der Waals surface area contributed by atoms with Crippen molar-refractivity contribution in [1.82, 2.24) is 10.6 Å². The van der Waals surface area contributed by atoms with E-state index >= 15 is 0 Å². The van der Waals surface area contributed by atoms with Crippen LogP contribution in [0.15, 0.2) is 0 Å². The van der Waals surface area contributed by atoms with E-state index in [2.05, 4.69) is 17.6 Å². The van der Waals surface area contributed by atoms with E-state index in [0.717, 1.165) is 38.6 Å². The van der Waals surface area contributed by atoms with Gasteiger partial charge in [0.05, 0.1) is 12.0 Å². The molecule has 5 heteroatoms. The van der Waals surface area contributed by atoms with Crippen LogP contribution in [0.3, 0.4) is 0 Å². The monoisotopic (exact) mass is 280 g/mol. The first kappa shape index (κ1) is 13.9. The number of amides is 1. The van der Waals surface area contributed by atoms with Gasteiger partial charge in [-0.2, -0.15) is 0 Å². The molecular formula is C15H24N2O3. The van der Waals surface area contributed by atoms with Crippen molar-refractivity contribution in [2.45, 2.75) is 51.1 Å². The number of aliphatic carboxylic acids is 1. The number of hydrogen-bond donors (Lipinski definition) is 3. The smallest absolute Gasteiger partial charge is 0.308 e. The van der Waals surface area contributed by atoms with Crippen LogP contribution < -0.4 is 10.6 Å². The summed E-state index contributed by atoms with van der Waals surface area (Å²) in [4.78, 5) is 23.9. The van der Waals surface area contributed by atoms with Gasteiger partial charge >= 0.3 is 5.97 Å². The summed E-state index contributed by atoms with van der Waals surface area (Å²) in [6.07, 6.45) is 5.20. The van der Waals surface area contributed by atoms with Gasteiger partial charge in [-0.1, -0.05) is 6.92 Å². The lowest BCUT2D eigenvalue weighted by atomic mass is 9.84. The SMILES string of the molecule is CC1CCCNC1C(=O)NC1C2CCC(C2)C1C(=O)O. The largest absolute Gasteiger partial charge is 0.481 e. The molecule has 112 valence electrons. The minimum atomic E-state index is -0.743. The average Bonchev–Trinajstić information content (AvgIpc) is 2.99. The van der Waals surface area contributed by atoms with Crippen LogP contribution >= 0.6 is 0 Å². The molecule has 20 heavy (non-hydrogen) atoms. The Balaban J connectivity index is 1.67. The van der Waals surface area contributed by atoms with E-state index in [0.29, 0.717) is 11.8 Å². The Hall–Kier alpha value is -1.10. The molecule has 0 aromatic heterocycles. The van der Waals surface area contributed by atoms with Gasteiger partial charge in [0.25, 0.3) is 0 Å². The summed E-state index contributed by atoms with van der Waals surface area (Å²) >= 11 is 0. The first-order chi connectivity index (χ1) is 9.58. The zero-order chi connectivity index (χ0) is 14.3. The van der Waals surface area contributed by atoms with Gasteiger partial charge in [0, 0.05) is 6.04 Å². The average molecular weight is 280 g/mol. The van der Waals surface area contributed by atoms with Crippen molar-refractivity contribution in [3.63, 3.8) is 0 Å². The van der Waals surface area contributed by atoms with Gasteiger partial charge in [0.2, 0.25) is 5.91 Å². The van der Waals surface area contributed by atoms with Crippen LogP contribution in [0.25, 0.3) is 0 Å². The van der Waals surface area contributed by atoms with Crippen LogP contribution in [0.2, 0.25) is 0 Å². The normalized spacial score (nSPS) is 43.5. The maximum atomic E-state index is 12.4. The quantitative estimate of drug-likeness (QED) is 0.720. The highest BCUT2D eigenvalue weighted by Gasteiger charge is 2.52. The van der Waals surface area contributed by atoms with Crippen molar-refractivity contribution in [3.8, 4) is 0 Å². The number of hydrogen-bond acceptors (Lipinski definition) is 3. The molecular weight excluding hydrogens is 256 g/mol. The number of piperidine rings is 1. The molecule has 3 N–H and O–H groups in total. The number of carboxylic acids is 1. The van der Waals surface area contributed by atoms with Crippen LogP contribution in [0.4, 0.5) is 0 Å². The Bertz CT molecular complexity index is 412. The molecule has 5 nitrogen and oxygen atoms in total. The molecule has 3 fully saturated rings. The van der Waals surface area contributed by atoms with Crippen molar-refractivity contribution in [1.29, 1.82) is 0 Å². The van der Waals surface area contributed by atoms with E-state index in [1.165, 1.54) is 0 Å². The summed E-state index contributed by atoms with van der Waals surface area (Å²) in [7, 11) is 0. The van der Waals surface area contributed by atoms with Crippen molar-refractivity contribution < 1.29 is 14.7 Å². The summed E-state index contributed by atoms with van der Waals surface area (Å²) in [6, 6.07) is -0.313. The van der Waals surface area contributed by atoms with Crippen LogP contribution in [-0.2, 0) is 9.59 Å². The van der Waals surface area contributed by atoms with Gasteiger partial charge in [-0.05, 0) is 56.4 Å². The minimum Gasteiger partial charge on any atom is -0.481 e. The van der Waals surface area contributed by atoms with Gasteiger partial charge in [-0.3, -0.25) is 9.59 Å². The molecule has 2 saturated carbocycles. The fraction of sp³-hybridized carbons (Fsp3) is 0.867. The summed E-state index contributed by atoms with van der Waals surface area (Å²) in [5.41, 5.74) is 0. The van der Waals surface area contributed by atoms with Crippen molar-refractivity contribution in [3.05, 3.63) is 0 Å². The Labute approximate surface area is 119 Å². The number of carboxylic acid groups (broad SMARTS) is 1. The van der Waals surface area contributed by atoms with Crippen LogP contribution in [0, 0.1) is 23.7 Å². The number of rotatable bonds is 3. The van der Waals surface area contributed by atoms with Crippen molar-refractivity contribution in [2.24, 2.45) is 23.7 Å². The van der Waals surface area contributed by atoms with E-state index in [9.17, 15) is 14.7 Å². The molecule has 1 saturated heterocycles. The number of carbonyl (C=O) groups is 2. The van der Waals surface area contributed by atoms with Crippen LogP contribution in [-0.4, -0.2) is 35.6 Å². The van der Waals surface area contributed by atoms with E-state index in [-0.39, 0.29) is 29.8 Å². The summed E-state index contributed by atoms with van der Waals surface area (Å²) < 4.78 is 0. The minimum absolute atomic E-state index is 0.000926. The number of fused-ring (bicyclic) bond motifs is 2. The molecule has 2 bridgehead atoms. The summed E-state index contributed by atoms with van der Waals surface area (Å²) in [6.45, 7) is 2.97. The third-order valence-electron chi connectivity index (χ3n) is 5.56. The zero-order valence-electron chi connectivity index (χ0n) is 12.0. The van der Waals surface area contributed by atoms with E-state index in [4.69, 9.17) is 0 Å². The molecule has 0 spiro atoms. The fourth-order valence-electron chi connectivity index (χ4n) is 4.51. The van der Waals surface area contributed by atoms with Gasteiger partial charge in [-0.25, -0.2) is 0 Å². The molecule has 6 unspecified atom stereocenters. The number of carbonyl (C=O) groups excluding carboxylic acids is 1. The van der Waals surface area contributed by atoms with E-state index < -0.39 is 5.97 Å². The molecule has 0 radical (unpaired) electrons. The molecule has 1 heterocycles. The van der Waals surface area contributed by atoms with Gasteiger partial charge in [-0.15, -0.1) is 0 Å². The van der Waals surface area contributed by atoms with E-state index in [1.807, 2.05) is 0 Å². The van der Waals surface area contributed by atoms with Crippen LogP contribution in [0.1, 0.15) is 39.0 Å². The lowest BCUT2D eigenvalue weighted by Crippen LogP contribution is -2.56. The molecule has 1 aliphatic heterocycles. The second-order valence-corrected chi connectivity index (χ2v) is 6.78. The van der Waals surface area contributed by atoms with Gasteiger partial charge < -0.3 is 15.7 Å². The first-order valence-electron chi connectivity index (χ1n) is 7.84. The lowest BCUT2D eigenvalue weighted by Gasteiger charge is -2.33. The Morgan fingerprint density at radius 2 is 1.95 bits per heavy atom. The Morgan fingerprint density at radius 1 is 1.20 bits per heavy atom. The number of nitrogens with one attached hydrogen (secondary N) is 2. The standard InChI is InChI=1S/C15H24N2O3/c1-8-3-2-6-16-12(8)14(18)17-13-10-5-4-9(7-10)11(13)15(19)20/h8-13,16H,2-7H2,1H3,(H,17,18)(H,19,20). The third kappa shape index (κ3) is 2.32. The fourth-order valence-corrected chi connectivity index (χ4v) is 4.51. The molecule has 6 atom stereocenters. The molecule has 3 aliphatic rings. The molecule has 3 rings (SSSR count). The maximum Gasteiger partial charge on any atom is 0.308 e. The highest BCUT2D eigenvalue weighted by Crippen LogP contribution is 2.48. The molecule has 1 amide bonds. The van der Waals surface area contributed by atoms with E-state index in [1.54, 1.807) is 0 Å². The van der Waals surface area contributed by atoms with Gasteiger partial charge in [0.1, 0.15) is 0 Å². The van der Waals surface area contributed by atoms with Gasteiger partial charge in [0.15, 0.2) is 0 Å². The predicted molar refractivity (Wildman–Crippen MR) is 74.1 cm³/mol.